The predicted octanol–water partition coefficient (Wildman–Crippen LogP) is 5.09. The quantitative estimate of drug-likeness (QED) is 0.598. The Hall–Kier alpha value is -2.12. The van der Waals surface area contributed by atoms with Gasteiger partial charge in [0, 0.05) is 12.4 Å². The fourth-order valence-electron chi connectivity index (χ4n) is 1.60. The molecular weight excluding hydrogens is 254 g/mol. The third-order valence-corrected chi connectivity index (χ3v) is 2.73. The lowest BCUT2D eigenvalue weighted by Crippen LogP contribution is -1.73. The van der Waals surface area contributed by atoms with Gasteiger partial charge in [-0.1, -0.05) is 72.3 Å². The number of halogens is 1. The summed E-state index contributed by atoms with van der Waals surface area (Å²) in [5.74, 6) is 0. The number of pyridine rings is 1. The Kier molecular flexibility index (Phi) is 5.15. The van der Waals surface area contributed by atoms with Crippen molar-refractivity contribution in [3.63, 3.8) is 0 Å². The second-order valence-electron chi connectivity index (χ2n) is 3.90. The zero-order valence-electron chi connectivity index (χ0n) is 10.4. The van der Waals surface area contributed by atoms with Crippen molar-refractivity contribution in [2.75, 3.05) is 0 Å². The van der Waals surface area contributed by atoms with Crippen molar-refractivity contribution in [2.45, 2.75) is 0 Å². The monoisotopic (exact) mass is 267 g/mol. The maximum Gasteiger partial charge on any atom is 0.0589 e. The van der Waals surface area contributed by atoms with Crippen LogP contribution in [-0.4, -0.2) is 4.98 Å². The first kappa shape index (κ1) is 13.3. The lowest BCUT2D eigenvalue weighted by Gasteiger charge is -1.98. The lowest BCUT2D eigenvalue weighted by molar-refractivity contribution is 1.33. The molecule has 2 heteroatoms. The molecule has 0 bridgehead atoms. The van der Waals surface area contributed by atoms with Gasteiger partial charge in [-0.25, -0.2) is 0 Å². The fraction of sp³-hybridized carbons (Fsp3) is 0. The van der Waals surface area contributed by atoms with Crippen LogP contribution in [-0.2, 0) is 0 Å². The van der Waals surface area contributed by atoms with E-state index in [1.54, 1.807) is 24.5 Å². The molecule has 0 aliphatic carbocycles. The second-order valence-corrected chi connectivity index (χ2v) is 4.34. The predicted molar refractivity (Wildman–Crippen MR) is 81.1 cm³/mol. The van der Waals surface area contributed by atoms with Crippen LogP contribution >= 0.6 is 11.6 Å². The maximum absolute atomic E-state index is 5.48. The molecule has 1 nitrogen and oxygen atoms in total. The van der Waals surface area contributed by atoms with Gasteiger partial charge in [-0.05, 0) is 23.3 Å². The SMILES string of the molecule is Clc1cccnc1.c1ccc(-c2ccccc2)cc1. The van der Waals surface area contributed by atoms with E-state index in [9.17, 15) is 0 Å². The van der Waals surface area contributed by atoms with Crippen molar-refractivity contribution < 1.29 is 0 Å². The Labute approximate surface area is 118 Å². The van der Waals surface area contributed by atoms with Gasteiger partial charge < -0.3 is 0 Å². The summed E-state index contributed by atoms with van der Waals surface area (Å²) in [6.07, 6.45) is 3.29. The Bertz CT molecular complexity index is 542. The summed E-state index contributed by atoms with van der Waals surface area (Å²) in [7, 11) is 0. The van der Waals surface area contributed by atoms with Gasteiger partial charge in [0.05, 0.1) is 5.02 Å². The minimum Gasteiger partial charge on any atom is -0.263 e. The summed E-state index contributed by atoms with van der Waals surface area (Å²) in [5, 5.41) is 0.683. The molecule has 2 aromatic carbocycles. The van der Waals surface area contributed by atoms with Crippen LogP contribution < -0.4 is 0 Å². The van der Waals surface area contributed by atoms with Crippen LogP contribution in [0.2, 0.25) is 5.02 Å². The van der Waals surface area contributed by atoms with Crippen molar-refractivity contribution in [3.05, 3.63) is 90.2 Å². The van der Waals surface area contributed by atoms with Gasteiger partial charge in [0.2, 0.25) is 0 Å². The largest absolute Gasteiger partial charge is 0.263 e. The first-order valence-electron chi connectivity index (χ1n) is 6.02. The van der Waals surface area contributed by atoms with Gasteiger partial charge in [-0.2, -0.15) is 0 Å². The molecule has 0 aliphatic rings. The molecule has 0 unspecified atom stereocenters. The molecular formula is C17H14ClN. The zero-order chi connectivity index (χ0) is 13.3. The van der Waals surface area contributed by atoms with E-state index >= 15 is 0 Å². The van der Waals surface area contributed by atoms with Gasteiger partial charge in [-0.15, -0.1) is 0 Å². The highest BCUT2D eigenvalue weighted by molar-refractivity contribution is 6.30. The smallest absolute Gasteiger partial charge is 0.0589 e. The molecule has 0 spiro atoms. The standard InChI is InChI=1S/C12H10.C5H4ClN/c1-3-7-11(8-4-1)12-9-5-2-6-10-12;6-5-2-1-3-7-4-5/h1-10H;1-4H. The van der Waals surface area contributed by atoms with E-state index in [0.29, 0.717) is 5.02 Å². The molecule has 3 aromatic rings. The van der Waals surface area contributed by atoms with Crippen LogP contribution in [0.25, 0.3) is 11.1 Å². The number of benzene rings is 2. The number of hydrogen-bond acceptors (Lipinski definition) is 1. The van der Waals surface area contributed by atoms with Gasteiger partial charge in [0.1, 0.15) is 0 Å². The molecule has 0 amide bonds. The van der Waals surface area contributed by atoms with Gasteiger partial charge >= 0.3 is 0 Å². The Morgan fingerprint density at radius 2 is 1.16 bits per heavy atom. The topological polar surface area (TPSA) is 12.9 Å². The van der Waals surface area contributed by atoms with Crippen molar-refractivity contribution >= 4 is 11.6 Å². The highest BCUT2D eigenvalue weighted by Gasteiger charge is 1.91. The third-order valence-electron chi connectivity index (χ3n) is 2.51. The van der Waals surface area contributed by atoms with Crippen molar-refractivity contribution in [1.82, 2.24) is 4.98 Å². The number of nitrogens with zero attached hydrogens (tertiary/aromatic N) is 1. The molecule has 0 fully saturated rings. The first-order valence-corrected chi connectivity index (χ1v) is 6.40. The summed E-state index contributed by atoms with van der Waals surface area (Å²) in [5.41, 5.74) is 2.55. The summed E-state index contributed by atoms with van der Waals surface area (Å²) in [6, 6.07) is 24.4. The van der Waals surface area contributed by atoms with Crippen LogP contribution in [0.1, 0.15) is 0 Å². The minimum atomic E-state index is 0.683. The van der Waals surface area contributed by atoms with Crippen LogP contribution in [0.3, 0.4) is 0 Å². The molecule has 0 N–H and O–H groups in total. The lowest BCUT2D eigenvalue weighted by atomic mass is 10.1. The zero-order valence-corrected chi connectivity index (χ0v) is 11.2. The number of rotatable bonds is 1. The van der Waals surface area contributed by atoms with E-state index < -0.39 is 0 Å². The van der Waals surface area contributed by atoms with Crippen LogP contribution in [0.15, 0.2) is 85.2 Å². The second kappa shape index (κ2) is 7.34. The molecule has 0 radical (unpaired) electrons. The number of hydrogen-bond donors (Lipinski definition) is 0. The van der Waals surface area contributed by atoms with Crippen molar-refractivity contribution in [2.24, 2.45) is 0 Å². The highest BCUT2D eigenvalue weighted by Crippen LogP contribution is 2.17. The summed E-state index contributed by atoms with van der Waals surface area (Å²) in [6.45, 7) is 0. The molecule has 1 heterocycles. The third kappa shape index (κ3) is 4.57. The van der Waals surface area contributed by atoms with Crippen LogP contribution in [0.5, 0.6) is 0 Å². The molecule has 0 saturated carbocycles. The fourth-order valence-corrected chi connectivity index (χ4v) is 1.73. The van der Waals surface area contributed by atoms with Crippen molar-refractivity contribution in [3.8, 4) is 11.1 Å². The number of aromatic nitrogens is 1. The molecule has 0 atom stereocenters. The molecule has 94 valence electrons. The molecule has 0 saturated heterocycles. The summed E-state index contributed by atoms with van der Waals surface area (Å²) in [4.78, 5) is 3.75. The van der Waals surface area contributed by atoms with E-state index in [-0.39, 0.29) is 0 Å². The van der Waals surface area contributed by atoms with Gasteiger partial charge in [0.25, 0.3) is 0 Å². The Morgan fingerprint density at radius 3 is 1.47 bits per heavy atom. The summed E-state index contributed by atoms with van der Waals surface area (Å²) >= 11 is 5.48. The van der Waals surface area contributed by atoms with E-state index in [1.807, 2.05) is 12.1 Å². The van der Waals surface area contributed by atoms with Crippen LogP contribution in [0, 0.1) is 0 Å². The molecule has 1 aromatic heterocycles. The minimum absolute atomic E-state index is 0.683. The van der Waals surface area contributed by atoms with Crippen molar-refractivity contribution in [1.29, 1.82) is 0 Å². The van der Waals surface area contributed by atoms with E-state index in [0.717, 1.165) is 0 Å². The van der Waals surface area contributed by atoms with E-state index in [2.05, 4.69) is 53.5 Å². The molecule has 19 heavy (non-hydrogen) atoms. The molecule has 0 aliphatic heterocycles. The van der Waals surface area contributed by atoms with E-state index in [1.165, 1.54) is 11.1 Å². The first-order chi connectivity index (χ1) is 9.36. The van der Waals surface area contributed by atoms with E-state index in [4.69, 9.17) is 11.6 Å². The normalized spacial score (nSPS) is 9.32. The molecule has 3 rings (SSSR count). The Morgan fingerprint density at radius 1 is 0.632 bits per heavy atom. The average Bonchev–Trinajstić information content (AvgIpc) is 2.51. The highest BCUT2D eigenvalue weighted by atomic mass is 35.5. The van der Waals surface area contributed by atoms with Gasteiger partial charge in [-0.3, -0.25) is 4.98 Å². The van der Waals surface area contributed by atoms with Crippen LogP contribution in [0.4, 0.5) is 0 Å². The Balaban J connectivity index is 0.000000163. The van der Waals surface area contributed by atoms with Gasteiger partial charge in [0.15, 0.2) is 0 Å². The summed E-state index contributed by atoms with van der Waals surface area (Å²) < 4.78 is 0. The maximum atomic E-state index is 5.48. The average molecular weight is 268 g/mol.